The van der Waals surface area contributed by atoms with Crippen molar-refractivity contribution in [2.24, 2.45) is 0 Å². The highest BCUT2D eigenvalue weighted by Gasteiger charge is 2.26. The molecule has 8 nitrogen and oxygen atoms in total. The zero-order valence-electron chi connectivity index (χ0n) is 13.1. The summed E-state index contributed by atoms with van der Waals surface area (Å²) in [6.45, 7) is 2.82. The maximum atomic E-state index is 12.6. The largest absolute Gasteiger partial charge is 0.495 e. The highest BCUT2D eigenvalue weighted by molar-refractivity contribution is 7.18. The summed E-state index contributed by atoms with van der Waals surface area (Å²) < 4.78 is 6.95. The Morgan fingerprint density at radius 3 is 2.75 bits per heavy atom. The van der Waals surface area contributed by atoms with E-state index in [1.54, 1.807) is 7.11 Å². The van der Waals surface area contributed by atoms with Crippen molar-refractivity contribution >= 4 is 27.9 Å². The minimum absolute atomic E-state index is 0.0508. The lowest BCUT2D eigenvalue weighted by Gasteiger charge is -2.36. The first-order chi connectivity index (χ1) is 11.8. The van der Waals surface area contributed by atoms with Crippen LogP contribution >= 0.6 is 11.3 Å². The molecule has 0 radical (unpaired) electrons. The molecule has 1 fully saturated rings. The summed E-state index contributed by atoms with van der Waals surface area (Å²) in [6.07, 6.45) is 1.50. The lowest BCUT2D eigenvalue weighted by atomic mass is 10.2. The summed E-state index contributed by atoms with van der Waals surface area (Å²) in [6, 6.07) is 7.94. The van der Waals surface area contributed by atoms with Gasteiger partial charge in [0.05, 0.1) is 12.8 Å². The lowest BCUT2D eigenvalue weighted by molar-refractivity contribution is 0.0745. The van der Waals surface area contributed by atoms with Crippen molar-refractivity contribution in [1.82, 2.24) is 24.7 Å². The molecule has 0 bridgehead atoms. The number of ether oxygens (including phenoxy) is 1. The number of anilines is 1. The van der Waals surface area contributed by atoms with Gasteiger partial charge in [0.25, 0.3) is 5.91 Å². The molecule has 0 saturated carbocycles. The van der Waals surface area contributed by atoms with E-state index in [1.165, 1.54) is 22.2 Å². The third-order valence-electron chi connectivity index (χ3n) is 4.06. The Hall–Kier alpha value is -2.68. The summed E-state index contributed by atoms with van der Waals surface area (Å²) >= 11 is 1.26. The molecular formula is C15H16N6O2S. The number of rotatable bonds is 3. The Morgan fingerprint density at radius 2 is 2.00 bits per heavy atom. The molecule has 0 aliphatic carbocycles. The second-order valence-corrected chi connectivity index (χ2v) is 6.37. The van der Waals surface area contributed by atoms with Crippen LogP contribution in [0.3, 0.4) is 0 Å². The van der Waals surface area contributed by atoms with Crippen LogP contribution in [-0.2, 0) is 0 Å². The Morgan fingerprint density at radius 1 is 1.21 bits per heavy atom. The summed E-state index contributed by atoms with van der Waals surface area (Å²) in [5.74, 6) is 0.802. The van der Waals surface area contributed by atoms with E-state index in [0.717, 1.165) is 24.5 Å². The highest BCUT2D eigenvalue weighted by Crippen LogP contribution is 2.28. The van der Waals surface area contributed by atoms with Crippen LogP contribution in [0.4, 0.5) is 5.69 Å². The Labute approximate surface area is 142 Å². The van der Waals surface area contributed by atoms with Gasteiger partial charge >= 0.3 is 0 Å². The molecule has 0 spiro atoms. The van der Waals surface area contributed by atoms with Crippen molar-refractivity contribution in [3.8, 4) is 5.75 Å². The van der Waals surface area contributed by atoms with E-state index in [-0.39, 0.29) is 5.91 Å². The van der Waals surface area contributed by atoms with Crippen molar-refractivity contribution in [1.29, 1.82) is 0 Å². The van der Waals surface area contributed by atoms with E-state index in [0.29, 0.717) is 23.1 Å². The van der Waals surface area contributed by atoms with Crippen LogP contribution in [0.15, 0.2) is 30.6 Å². The number of aromatic nitrogens is 4. The molecule has 0 unspecified atom stereocenters. The van der Waals surface area contributed by atoms with Crippen LogP contribution in [-0.4, -0.2) is 63.9 Å². The summed E-state index contributed by atoms with van der Waals surface area (Å²) in [5, 5.41) is 12.4. The van der Waals surface area contributed by atoms with Gasteiger partial charge in [0.15, 0.2) is 0 Å². The lowest BCUT2D eigenvalue weighted by Crippen LogP contribution is -2.48. The molecule has 1 amide bonds. The zero-order valence-corrected chi connectivity index (χ0v) is 13.9. The number of para-hydroxylation sites is 2. The number of nitrogens with zero attached hydrogens (tertiary/aromatic N) is 6. The number of piperazine rings is 1. The van der Waals surface area contributed by atoms with E-state index in [4.69, 9.17) is 4.74 Å². The van der Waals surface area contributed by atoms with Crippen molar-refractivity contribution in [2.75, 3.05) is 38.2 Å². The maximum absolute atomic E-state index is 12.6. The molecule has 0 atom stereocenters. The number of benzene rings is 1. The van der Waals surface area contributed by atoms with Crippen LogP contribution < -0.4 is 9.64 Å². The third-order valence-corrected chi connectivity index (χ3v) is 4.96. The summed E-state index contributed by atoms with van der Waals surface area (Å²) in [4.78, 5) is 17.3. The second kappa shape index (κ2) is 6.08. The molecule has 1 aliphatic rings. The van der Waals surface area contributed by atoms with Gasteiger partial charge < -0.3 is 14.5 Å². The number of amides is 1. The quantitative estimate of drug-likeness (QED) is 0.710. The Kier molecular flexibility index (Phi) is 3.77. The average Bonchev–Trinajstić information content (AvgIpc) is 3.23. The van der Waals surface area contributed by atoms with Gasteiger partial charge in [-0.3, -0.25) is 4.79 Å². The minimum atomic E-state index is -0.0508. The number of fused-ring (bicyclic) bond motifs is 1. The molecule has 0 N–H and O–H groups in total. The first-order valence-corrected chi connectivity index (χ1v) is 8.42. The van der Waals surface area contributed by atoms with Crippen molar-refractivity contribution in [3.05, 3.63) is 35.6 Å². The number of hydrogen-bond acceptors (Lipinski definition) is 7. The summed E-state index contributed by atoms with van der Waals surface area (Å²) in [7, 11) is 1.67. The van der Waals surface area contributed by atoms with Crippen molar-refractivity contribution < 1.29 is 9.53 Å². The smallest absolute Gasteiger partial charge is 0.284 e. The number of carbonyl (C=O) groups is 1. The molecule has 3 heterocycles. The normalized spacial score (nSPS) is 15.0. The number of carbonyl (C=O) groups excluding carboxylic acids is 1. The molecular weight excluding hydrogens is 328 g/mol. The monoisotopic (exact) mass is 344 g/mol. The Balaban J connectivity index is 1.45. The zero-order chi connectivity index (χ0) is 16.5. The molecule has 3 aromatic rings. The molecule has 1 aliphatic heterocycles. The fraction of sp³-hybridized carbons (Fsp3) is 0.333. The van der Waals surface area contributed by atoms with Gasteiger partial charge in [-0.25, -0.2) is 0 Å². The first-order valence-electron chi connectivity index (χ1n) is 7.60. The highest BCUT2D eigenvalue weighted by atomic mass is 32.1. The van der Waals surface area contributed by atoms with Crippen molar-refractivity contribution in [2.45, 2.75) is 0 Å². The predicted molar refractivity (Wildman–Crippen MR) is 89.8 cm³/mol. The topological polar surface area (TPSA) is 75.9 Å². The summed E-state index contributed by atoms with van der Waals surface area (Å²) in [5.41, 5.74) is 1.06. The van der Waals surface area contributed by atoms with Crippen LogP contribution in [0.1, 0.15) is 9.80 Å². The number of methoxy groups -OCH3 is 1. The molecule has 124 valence electrons. The predicted octanol–water partition coefficient (Wildman–Crippen LogP) is 1.16. The van der Waals surface area contributed by atoms with Gasteiger partial charge in [-0.05, 0) is 12.1 Å². The molecule has 4 rings (SSSR count). The van der Waals surface area contributed by atoms with E-state index in [2.05, 4.69) is 20.2 Å². The molecule has 9 heteroatoms. The fourth-order valence-corrected chi connectivity index (χ4v) is 3.61. The van der Waals surface area contributed by atoms with Crippen LogP contribution in [0.5, 0.6) is 5.75 Å². The van der Waals surface area contributed by atoms with E-state index in [1.807, 2.05) is 29.2 Å². The SMILES string of the molecule is COc1ccccc1N1CCN(C(=O)c2nn3cnnc3s2)CC1. The van der Waals surface area contributed by atoms with Crippen LogP contribution in [0.2, 0.25) is 0 Å². The average molecular weight is 344 g/mol. The second-order valence-electron chi connectivity index (χ2n) is 5.42. The maximum Gasteiger partial charge on any atom is 0.284 e. The van der Waals surface area contributed by atoms with Gasteiger partial charge in [-0.15, -0.1) is 15.3 Å². The molecule has 24 heavy (non-hydrogen) atoms. The van der Waals surface area contributed by atoms with E-state index >= 15 is 0 Å². The standard InChI is InChI=1S/C15H16N6O2S/c1-23-12-5-3-2-4-11(12)19-6-8-20(9-7-19)14(22)13-18-21-10-16-17-15(21)24-13/h2-5,10H,6-9H2,1H3. The van der Waals surface area contributed by atoms with Gasteiger partial charge in [0.2, 0.25) is 9.97 Å². The van der Waals surface area contributed by atoms with Gasteiger partial charge in [-0.2, -0.15) is 4.52 Å². The molecule has 1 aromatic carbocycles. The number of hydrogen-bond donors (Lipinski definition) is 0. The Bertz CT molecular complexity index is 839. The van der Waals surface area contributed by atoms with Crippen molar-refractivity contribution in [3.63, 3.8) is 0 Å². The van der Waals surface area contributed by atoms with E-state index < -0.39 is 0 Å². The van der Waals surface area contributed by atoms with Gasteiger partial charge in [0, 0.05) is 26.2 Å². The minimum Gasteiger partial charge on any atom is -0.495 e. The third kappa shape index (κ3) is 2.56. The van der Waals surface area contributed by atoms with Crippen LogP contribution in [0, 0.1) is 0 Å². The van der Waals surface area contributed by atoms with E-state index in [9.17, 15) is 4.79 Å². The van der Waals surface area contributed by atoms with Gasteiger partial charge in [0.1, 0.15) is 12.1 Å². The van der Waals surface area contributed by atoms with Gasteiger partial charge in [-0.1, -0.05) is 23.5 Å². The molecule has 2 aromatic heterocycles. The first kappa shape index (κ1) is 14.9. The molecule has 1 saturated heterocycles. The van der Waals surface area contributed by atoms with Crippen LogP contribution in [0.25, 0.3) is 4.96 Å². The fourth-order valence-electron chi connectivity index (χ4n) is 2.82.